The Morgan fingerprint density at radius 1 is 1.27 bits per heavy atom. The molecule has 0 aliphatic heterocycles. The van der Waals surface area contributed by atoms with E-state index in [1.54, 1.807) is 16.9 Å². The van der Waals surface area contributed by atoms with Crippen molar-refractivity contribution >= 4 is 28.8 Å². The van der Waals surface area contributed by atoms with Crippen molar-refractivity contribution in [3.63, 3.8) is 0 Å². The first-order valence-corrected chi connectivity index (χ1v) is 13.4. The Labute approximate surface area is 221 Å². The van der Waals surface area contributed by atoms with Crippen LogP contribution in [0, 0.1) is 11.8 Å². The molecule has 0 spiro atoms. The maximum absolute atomic E-state index is 13.6. The summed E-state index contributed by atoms with van der Waals surface area (Å²) in [6.07, 6.45) is 9.85. The summed E-state index contributed by atoms with van der Waals surface area (Å²) >= 11 is 6.41. The van der Waals surface area contributed by atoms with Crippen LogP contribution in [0.2, 0.25) is 5.15 Å². The number of benzene rings is 1. The zero-order valence-electron chi connectivity index (χ0n) is 21.4. The molecule has 0 bridgehead atoms. The van der Waals surface area contributed by atoms with Crippen LogP contribution in [0.1, 0.15) is 66.8 Å². The molecule has 192 valence electrons. The van der Waals surface area contributed by atoms with Crippen molar-refractivity contribution in [2.24, 2.45) is 18.9 Å². The number of pyridine rings is 1. The number of nitrogens with one attached hydrogen (secondary N) is 2. The number of carbonyl (C=O) groups is 1. The highest BCUT2D eigenvalue weighted by molar-refractivity contribution is 6.30. The average Bonchev–Trinajstić information content (AvgIpc) is 3.54. The molecule has 3 heterocycles. The van der Waals surface area contributed by atoms with E-state index in [4.69, 9.17) is 11.6 Å². The molecule has 2 saturated carbocycles. The third-order valence-electron chi connectivity index (χ3n) is 8.03. The van der Waals surface area contributed by atoms with E-state index < -0.39 is 0 Å². The lowest BCUT2D eigenvalue weighted by Crippen LogP contribution is -2.43. The topological polar surface area (TPSA) is 89.1 Å². The Bertz CT molecular complexity index is 1460. The smallest absolute Gasteiger partial charge is 0.259 e. The number of anilines is 1. The molecule has 0 saturated heterocycles. The normalized spacial score (nSPS) is 22.1. The maximum Gasteiger partial charge on any atom is 0.259 e. The van der Waals surface area contributed by atoms with E-state index in [0.717, 1.165) is 41.4 Å². The third-order valence-corrected chi connectivity index (χ3v) is 8.31. The number of rotatable bonds is 8. The van der Waals surface area contributed by atoms with Gasteiger partial charge in [0.15, 0.2) is 5.65 Å². The maximum atomic E-state index is 13.6. The van der Waals surface area contributed by atoms with E-state index in [-0.39, 0.29) is 11.3 Å². The lowest BCUT2D eigenvalue weighted by atomic mass is 9.58. The second-order valence-electron chi connectivity index (χ2n) is 10.9. The fourth-order valence-electron chi connectivity index (χ4n) is 5.91. The number of amides is 1. The number of aryl methyl sites for hydroxylation is 1. The van der Waals surface area contributed by atoms with Crippen molar-refractivity contribution in [3.05, 3.63) is 76.7 Å². The van der Waals surface area contributed by atoms with Crippen LogP contribution in [-0.2, 0) is 19.0 Å². The molecular weight excluding hydrogens is 486 g/mol. The number of imidazole rings is 1. The van der Waals surface area contributed by atoms with Gasteiger partial charge in [-0.3, -0.25) is 9.20 Å². The van der Waals surface area contributed by atoms with Crippen molar-refractivity contribution in [1.82, 2.24) is 29.5 Å². The van der Waals surface area contributed by atoms with Crippen LogP contribution in [-0.4, -0.2) is 36.1 Å². The minimum absolute atomic E-state index is 0.195. The average molecular weight is 518 g/mol. The molecule has 1 atom stereocenters. The van der Waals surface area contributed by atoms with Crippen LogP contribution in [0.25, 0.3) is 5.65 Å². The second kappa shape index (κ2) is 9.26. The van der Waals surface area contributed by atoms with Gasteiger partial charge in [-0.2, -0.15) is 0 Å². The standard InChI is InChI=1S/C28H32ClN7O/c1-17-11-28(12-17,27-34-32-16-35(27)3)21-5-4-6-22(10-21)33-26(37)23-9-19(13-30-18(2)20-7-8-20)15-36-24(29)14-31-25(23)36/h4-6,9-10,14-18,20,30H,7-8,11-13H2,1-3H3,(H,33,37)/t17?,18-,28?/m0/s1. The molecule has 37 heavy (non-hydrogen) atoms. The number of hydrogen-bond acceptors (Lipinski definition) is 5. The van der Waals surface area contributed by atoms with Gasteiger partial charge in [0.05, 0.1) is 17.2 Å². The highest BCUT2D eigenvalue weighted by Gasteiger charge is 2.48. The molecule has 2 N–H and O–H groups in total. The number of fused-ring (bicyclic) bond motifs is 1. The predicted octanol–water partition coefficient (Wildman–Crippen LogP) is 4.97. The van der Waals surface area contributed by atoms with Crippen LogP contribution in [0.5, 0.6) is 0 Å². The van der Waals surface area contributed by atoms with Gasteiger partial charge in [0.1, 0.15) is 17.3 Å². The zero-order chi connectivity index (χ0) is 25.7. The van der Waals surface area contributed by atoms with Crippen LogP contribution >= 0.6 is 11.6 Å². The van der Waals surface area contributed by atoms with Crippen LogP contribution in [0.3, 0.4) is 0 Å². The van der Waals surface area contributed by atoms with Crippen LogP contribution in [0.4, 0.5) is 5.69 Å². The Hall–Kier alpha value is -3.23. The van der Waals surface area contributed by atoms with Gasteiger partial charge >= 0.3 is 0 Å². The number of halogens is 1. The molecule has 1 amide bonds. The molecule has 2 aliphatic carbocycles. The Morgan fingerprint density at radius 3 is 2.78 bits per heavy atom. The number of hydrogen-bond donors (Lipinski definition) is 2. The quantitative estimate of drug-likeness (QED) is 0.344. The monoisotopic (exact) mass is 517 g/mol. The molecule has 3 aromatic heterocycles. The molecule has 8 nitrogen and oxygen atoms in total. The van der Waals surface area contributed by atoms with E-state index in [1.807, 2.05) is 36.0 Å². The summed E-state index contributed by atoms with van der Waals surface area (Å²) < 4.78 is 3.78. The summed E-state index contributed by atoms with van der Waals surface area (Å²) in [6.45, 7) is 5.14. The molecule has 9 heteroatoms. The molecule has 4 aromatic rings. The van der Waals surface area contributed by atoms with Crippen molar-refractivity contribution in [3.8, 4) is 0 Å². The van der Waals surface area contributed by atoms with Gasteiger partial charge in [0.2, 0.25) is 0 Å². The van der Waals surface area contributed by atoms with E-state index in [0.29, 0.717) is 34.9 Å². The van der Waals surface area contributed by atoms with Gasteiger partial charge in [-0.25, -0.2) is 4.98 Å². The van der Waals surface area contributed by atoms with Crippen LogP contribution < -0.4 is 10.6 Å². The highest BCUT2D eigenvalue weighted by atomic mass is 35.5. The molecular formula is C28H32ClN7O. The van der Waals surface area contributed by atoms with E-state index in [9.17, 15) is 4.79 Å². The Morgan fingerprint density at radius 2 is 2.08 bits per heavy atom. The minimum Gasteiger partial charge on any atom is -0.322 e. The molecule has 0 radical (unpaired) electrons. The Kier molecular flexibility index (Phi) is 6.04. The van der Waals surface area contributed by atoms with Gasteiger partial charge in [-0.1, -0.05) is 30.7 Å². The van der Waals surface area contributed by atoms with Gasteiger partial charge in [-0.15, -0.1) is 10.2 Å². The molecule has 1 aromatic carbocycles. The van der Waals surface area contributed by atoms with E-state index in [1.165, 1.54) is 12.8 Å². The summed E-state index contributed by atoms with van der Waals surface area (Å²) in [7, 11) is 1.99. The lowest BCUT2D eigenvalue weighted by Gasteiger charge is -2.46. The van der Waals surface area contributed by atoms with Gasteiger partial charge in [0, 0.05) is 31.5 Å². The SMILES string of the molecule is CC1CC(c2cccc(NC(=O)c3cc(CN[C@@H](C)C4CC4)cn4c(Cl)cnc34)c2)(c2nncn2C)C1. The molecule has 6 rings (SSSR count). The molecule has 0 unspecified atom stereocenters. The van der Waals surface area contributed by atoms with E-state index >= 15 is 0 Å². The first kappa shape index (κ1) is 24.1. The molecule has 2 fully saturated rings. The second-order valence-corrected chi connectivity index (χ2v) is 11.3. The summed E-state index contributed by atoms with van der Waals surface area (Å²) in [4.78, 5) is 18.0. The summed E-state index contributed by atoms with van der Waals surface area (Å²) in [6, 6.07) is 10.5. The zero-order valence-corrected chi connectivity index (χ0v) is 22.2. The van der Waals surface area contributed by atoms with Crippen molar-refractivity contribution in [2.75, 3.05) is 5.32 Å². The fourth-order valence-corrected chi connectivity index (χ4v) is 6.09. The van der Waals surface area contributed by atoms with Crippen molar-refractivity contribution < 1.29 is 4.79 Å². The van der Waals surface area contributed by atoms with Crippen LogP contribution in [0.15, 0.2) is 49.1 Å². The number of carbonyl (C=O) groups excluding carboxylic acids is 1. The van der Waals surface area contributed by atoms with Crippen molar-refractivity contribution in [2.45, 2.75) is 57.5 Å². The number of nitrogens with zero attached hydrogens (tertiary/aromatic N) is 5. The first-order chi connectivity index (χ1) is 17.8. The summed E-state index contributed by atoms with van der Waals surface area (Å²) in [5.41, 5.74) is 3.71. The predicted molar refractivity (Wildman–Crippen MR) is 144 cm³/mol. The van der Waals surface area contributed by atoms with Gasteiger partial charge in [0.25, 0.3) is 5.91 Å². The lowest BCUT2D eigenvalue weighted by molar-refractivity contribution is 0.102. The first-order valence-electron chi connectivity index (χ1n) is 13.0. The highest BCUT2D eigenvalue weighted by Crippen LogP contribution is 2.51. The van der Waals surface area contributed by atoms with Gasteiger partial charge < -0.3 is 15.2 Å². The largest absolute Gasteiger partial charge is 0.322 e. The van der Waals surface area contributed by atoms with Gasteiger partial charge in [-0.05, 0) is 73.8 Å². The van der Waals surface area contributed by atoms with Crippen molar-refractivity contribution in [1.29, 1.82) is 0 Å². The summed E-state index contributed by atoms with van der Waals surface area (Å²) in [5, 5.41) is 15.8. The van der Waals surface area contributed by atoms with E-state index in [2.05, 4.69) is 51.8 Å². The minimum atomic E-state index is -0.212. The summed E-state index contributed by atoms with van der Waals surface area (Å²) in [5.74, 6) is 2.10. The fraction of sp³-hybridized carbons (Fsp3) is 0.429. The number of aromatic nitrogens is 5. The molecule has 2 aliphatic rings. The Balaban J connectivity index is 1.28. The third kappa shape index (κ3) is 4.42.